The van der Waals surface area contributed by atoms with Crippen LogP contribution in [0, 0.1) is 34.3 Å². The first-order valence-electron chi connectivity index (χ1n) is 9.93. The quantitative estimate of drug-likeness (QED) is 0.326. The molecule has 2 aromatic carbocycles. The maximum absolute atomic E-state index is 13.4. The number of hydrogen-bond donors (Lipinski definition) is 1. The molecule has 8 nitrogen and oxygen atoms in total. The molecular formula is C22H19ClF2N2O6S. The molecule has 0 radical (unpaired) electrons. The molecule has 0 heterocycles. The summed E-state index contributed by atoms with van der Waals surface area (Å²) in [4.78, 5) is 25.1. The van der Waals surface area contributed by atoms with Gasteiger partial charge >= 0.3 is 5.97 Å². The Morgan fingerprint density at radius 2 is 1.82 bits per heavy atom. The van der Waals surface area contributed by atoms with Gasteiger partial charge in [0, 0.05) is 5.92 Å². The Morgan fingerprint density at radius 1 is 1.18 bits per heavy atom. The molecular weight excluding hydrogens is 494 g/mol. The molecule has 1 aliphatic rings. The molecule has 1 unspecified atom stereocenters. The number of nitrogens with zero attached hydrogens (tertiary/aromatic N) is 1. The van der Waals surface area contributed by atoms with E-state index in [1.807, 2.05) is 0 Å². The third-order valence-electron chi connectivity index (χ3n) is 5.77. The maximum Gasteiger partial charge on any atom is 0.323 e. The van der Waals surface area contributed by atoms with Gasteiger partial charge in [-0.05, 0) is 55.3 Å². The fourth-order valence-electron chi connectivity index (χ4n) is 4.07. The van der Waals surface area contributed by atoms with Crippen LogP contribution in [-0.2, 0) is 24.2 Å². The second-order valence-electron chi connectivity index (χ2n) is 7.71. The average Bonchev–Trinajstić information content (AvgIpc) is 3.18. The van der Waals surface area contributed by atoms with E-state index < -0.39 is 63.0 Å². The summed E-state index contributed by atoms with van der Waals surface area (Å²) < 4.78 is 63.7. The number of amides is 1. The molecule has 2 aromatic rings. The Bertz CT molecular complexity index is 1250. The SMILES string of the molecule is N#CCOC(=O)[C@]1(C(N)=O)CC(S(=O)(=O)c2ccc(F)cc2Cl)C[C@H]1COc1ccc(F)cc1. The van der Waals surface area contributed by atoms with Crippen molar-refractivity contribution in [3.05, 3.63) is 59.1 Å². The summed E-state index contributed by atoms with van der Waals surface area (Å²) in [6.45, 7) is -1.01. The van der Waals surface area contributed by atoms with Crippen LogP contribution in [0.2, 0.25) is 5.02 Å². The van der Waals surface area contributed by atoms with Crippen LogP contribution >= 0.6 is 11.6 Å². The second kappa shape index (κ2) is 9.95. The van der Waals surface area contributed by atoms with E-state index in [-0.39, 0.29) is 28.7 Å². The average molecular weight is 513 g/mol. The first-order chi connectivity index (χ1) is 16.0. The predicted octanol–water partition coefficient (Wildman–Crippen LogP) is 2.79. The topological polar surface area (TPSA) is 137 Å². The first kappa shape index (κ1) is 25.4. The van der Waals surface area contributed by atoms with E-state index in [1.165, 1.54) is 12.1 Å². The Morgan fingerprint density at radius 3 is 2.41 bits per heavy atom. The van der Waals surface area contributed by atoms with E-state index in [0.29, 0.717) is 0 Å². The van der Waals surface area contributed by atoms with Gasteiger partial charge < -0.3 is 15.2 Å². The van der Waals surface area contributed by atoms with Crippen LogP contribution in [0.3, 0.4) is 0 Å². The number of benzene rings is 2. The first-order valence-corrected chi connectivity index (χ1v) is 11.9. The van der Waals surface area contributed by atoms with Gasteiger partial charge in [-0.25, -0.2) is 17.2 Å². The van der Waals surface area contributed by atoms with Crippen molar-refractivity contribution in [1.29, 1.82) is 5.26 Å². The number of primary amides is 1. The Kier molecular flexibility index (Phi) is 7.43. The lowest BCUT2D eigenvalue weighted by molar-refractivity contribution is -0.162. The number of rotatable bonds is 8. The number of hydrogen-bond acceptors (Lipinski definition) is 7. The summed E-state index contributed by atoms with van der Waals surface area (Å²) in [5.74, 6) is -4.42. The van der Waals surface area contributed by atoms with Gasteiger partial charge in [-0.15, -0.1) is 0 Å². The molecule has 0 saturated heterocycles. The van der Waals surface area contributed by atoms with E-state index in [9.17, 15) is 26.8 Å². The number of sulfone groups is 1. The van der Waals surface area contributed by atoms with Gasteiger partial charge in [-0.1, -0.05) is 11.6 Å². The highest BCUT2D eigenvalue weighted by Crippen LogP contribution is 2.49. The molecule has 1 saturated carbocycles. The molecule has 0 spiro atoms. The zero-order valence-electron chi connectivity index (χ0n) is 17.5. The largest absolute Gasteiger partial charge is 0.493 e. The number of nitrogens with two attached hydrogens (primary N) is 1. The lowest BCUT2D eigenvalue weighted by atomic mass is 9.77. The summed E-state index contributed by atoms with van der Waals surface area (Å²) in [6.07, 6.45) is -0.804. The van der Waals surface area contributed by atoms with Crippen molar-refractivity contribution in [2.24, 2.45) is 17.1 Å². The van der Waals surface area contributed by atoms with Gasteiger partial charge in [-0.2, -0.15) is 5.26 Å². The predicted molar refractivity (Wildman–Crippen MR) is 115 cm³/mol. The standard InChI is InChI=1S/C22H19ClF2N2O6S/c23-18-10-15(25)3-6-19(18)34(30,31)17-9-13(12-33-16-4-1-14(24)2-5-16)22(11-17,20(27)28)21(29)32-8-7-26/h1-6,10,13,17H,8-9,11-12H2,(H2,27,28)/t13-,17?,22+/m0/s1. The molecule has 180 valence electrons. The van der Waals surface area contributed by atoms with Crippen LogP contribution in [0.25, 0.3) is 0 Å². The van der Waals surface area contributed by atoms with Crippen molar-refractivity contribution in [1.82, 2.24) is 0 Å². The van der Waals surface area contributed by atoms with E-state index >= 15 is 0 Å². The highest BCUT2D eigenvalue weighted by atomic mass is 35.5. The number of ether oxygens (including phenoxy) is 2. The summed E-state index contributed by atoms with van der Waals surface area (Å²) in [7, 11) is -4.25. The van der Waals surface area contributed by atoms with Gasteiger partial charge in [0.1, 0.15) is 23.5 Å². The molecule has 3 rings (SSSR count). The minimum Gasteiger partial charge on any atom is -0.493 e. The van der Waals surface area contributed by atoms with Crippen molar-refractivity contribution in [2.75, 3.05) is 13.2 Å². The summed E-state index contributed by atoms with van der Waals surface area (Å²) in [6, 6.07) is 9.26. The number of esters is 1. The van der Waals surface area contributed by atoms with Crippen molar-refractivity contribution in [2.45, 2.75) is 23.0 Å². The molecule has 1 aliphatic carbocycles. The fourth-order valence-corrected chi connectivity index (χ4v) is 6.47. The zero-order chi connectivity index (χ0) is 25.1. The van der Waals surface area contributed by atoms with Crippen LogP contribution in [0.5, 0.6) is 5.75 Å². The van der Waals surface area contributed by atoms with Gasteiger partial charge in [0.2, 0.25) is 5.91 Å². The monoisotopic (exact) mass is 512 g/mol. The van der Waals surface area contributed by atoms with E-state index in [1.54, 1.807) is 6.07 Å². The molecule has 0 bridgehead atoms. The van der Waals surface area contributed by atoms with Crippen molar-refractivity contribution >= 4 is 33.3 Å². The lowest BCUT2D eigenvalue weighted by Crippen LogP contribution is -2.49. The third kappa shape index (κ3) is 4.83. The van der Waals surface area contributed by atoms with Crippen molar-refractivity contribution in [3.63, 3.8) is 0 Å². The number of carbonyl (C=O) groups excluding carboxylic acids is 2. The van der Waals surface area contributed by atoms with Gasteiger partial charge in [0.05, 0.1) is 21.8 Å². The van der Waals surface area contributed by atoms with Crippen LogP contribution in [0.4, 0.5) is 8.78 Å². The molecule has 12 heteroatoms. The number of nitriles is 1. The minimum atomic E-state index is -4.25. The summed E-state index contributed by atoms with van der Waals surface area (Å²) >= 11 is 5.95. The molecule has 34 heavy (non-hydrogen) atoms. The van der Waals surface area contributed by atoms with E-state index in [2.05, 4.69) is 0 Å². The van der Waals surface area contributed by atoms with E-state index in [0.717, 1.165) is 30.3 Å². The summed E-state index contributed by atoms with van der Waals surface area (Å²) in [5, 5.41) is 7.09. The maximum atomic E-state index is 13.4. The third-order valence-corrected chi connectivity index (χ3v) is 8.40. The number of carbonyl (C=O) groups is 2. The van der Waals surface area contributed by atoms with E-state index in [4.69, 9.17) is 32.1 Å². The van der Waals surface area contributed by atoms with Crippen molar-refractivity contribution < 1.29 is 36.3 Å². The van der Waals surface area contributed by atoms with Gasteiger partial charge in [0.25, 0.3) is 0 Å². The molecule has 0 aliphatic heterocycles. The normalized spacial score (nSPS) is 22.1. The fraction of sp³-hybridized carbons (Fsp3) is 0.318. The molecule has 0 aromatic heterocycles. The van der Waals surface area contributed by atoms with Crippen LogP contribution in [0.15, 0.2) is 47.4 Å². The molecule has 1 fully saturated rings. The van der Waals surface area contributed by atoms with Crippen LogP contribution in [-0.4, -0.2) is 38.8 Å². The van der Waals surface area contributed by atoms with Crippen LogP contribution in [0.1, 0.15) is 12.8 Å². The Balaban J connectivity index is 1.99. The molecule has 3 atom stereocenters. The highest BCUT2D eigenvalue weighted by molar-refractivity contribution is 7.92. The Labute approximate surface area is 199 Å². The smallest absolute Gasteiger partial charge is 0.323 e. The van der Waals surface area contributed by atoms with Crippen LogP contribution < -0.4 is 10.5 Å². The molecule has 1 amide bonds. The van der Waals surface area contributed by atoms with Gasteiger partial charge in [0.15, 0.2) is 21.9 Å². The highest BCUT2D eigenvalue weighted by Gasteiger charge is 2.61. The minimum absolute atomic E-state index is 0.207. The lowest BCUT2D eigenvalue weighted by Gasteiger charge is -2.29. The zero-order valence-corrected chi connectivity index (χ0v) is 19.1. The molecule has 2 N–H and O–H groups in total. The Hall–Kier alpha value is -3.23. The van der Waals surface area contributed by atoms with Crippen molar-refractivity contribution in [3.8, 4) is 11.8 Å². The van der Waals surface area contributed by atoms with Gasteiger partial charge in [-0.3, -0.25) is 9.59 Å². The summed E-state index contributed by atoms with van der Waals surface area (Å²) in [5.41, 5.74) is 3.46. The number of halogens is 3. The second-order valence-corrected chi connectivity index (χ2v) is 10.3.